The van der Waals surface area contributed by atoms with Crippen LogP contribution in [0.5, 0.6) is 5.75 Å². The molecule has 0 aliphatic heterocycles. The smallest absolute Gasteiger partial charge is 0.389 e. The van der Waals surface area contributed by atoms with E-state index >= 15 is 0 Å². The van der Waals surface area contributed by atoms with Gasteiger partial charge in [-0.3, -0.25) is 9.48 Å². The molecular weight excluding hydrogens is 362 g/mol. The number of nitro groups is 1. The second kappa shape index (κ2) is 8.30. The van der Waals surface area contributed by atoms with E-state index in [0.717, 1.165) is 11.1 Å². The summed E-state index contributed by atoms with van der Waals surface area (Å²) in [5.41, 5.74) is 2.11. The van der Waals surface area contributed by atoms with Gasteiger partial charge >= 0.3 is 5.82 Å². The van der Waals surface area contributed by atoms with E-state index in [9.17, 15) is 14.9 Å². The molecule has 0 aliphatic rings. The molecular formula is C19H19N5O4. The highest BCUT2D eigenvalue weighted by molar-refractivity contribution is 6.06. The summed E-state index contributed by atoms with van der Waals surface area (Å²) in [5, 5.41) is 18.8. The van der Waals surface area contributed by atoms with Crippen molar-refractivity contribution in [3.05, 3.63) is 75.7 Å². The zero-order chi connectivity index (χ0) is 20.1. The van der Waals surface area contributed by atoms with Gasteiger partial charge in [0.2, 0.25) is 0 Å². The molecule has 0 atom stereocenters. The number of hydrogen-bond acceptors (Lipinski definition) is 6. The van der Waals surface area contributed by atoms with Gasteiger partial charge in [-0.25, -0.2) is 0 Å². The van der Waals surface area contributed by atoms with Crippen molar-refractivity contribution in [1.82, 2.24) is 19.6 Å². The molecule has 3 aromatic rings. The van der Waals surface area contributed by atoms with Crippen LogP contribution in [-0.2, 0) is 13.1 Å². The number of methoxy groups -OCH3 is 1. The Morgan fingerprint density at radius 2 is 2.14 bits per heavy atom. The number of aryl methyl sites for hydroxylation is 1. The van der Waals surface area contributed by atoms with Gasteiger partial charge in [-0.15, -0.1) is 0 Å². The molecule has 1 aromatic carbocycles. The van der Waals surface area contributed by atoms with E-state index in [4.69, 9.17) is 4.74 Å². The number of aromatic nitrogens is 4. The van der Waals surface area contributed by atoms with Crippen molar-refractivity contribution < 1.29 is 14.5 Å². The molecule has 0 spiro atoms. The predicted octanol–water partition coefficient (Wildman–Crippen LogP) is 2.96. The molecule has 0 N–H and O–H groups in total. The van der Waals surface area contributed by atoms with Crippen molar-refractivity contribution in [3.63, 3.8) is 0 Å². The third-order valence-corrected chi connectivity index (χ3v) is 4.12. The number of ether oxygens (including phenoxy) is 1. The molecule has 9 heteroatoms. The van der Waals surface area contributed by atoms with Gasteiger partial charge in [-0.2, -0.15) is 9.78 Å². The van der Waals surface area contributed by atoms with Crippen LogP contribution in [0, 0.1) is 10.1 Å². The van der Waals surface area contributed by atoms with Crippen molar-refractivity contribution in [3.8, 4) is 5.75 Å². The van der Waals surface area contributed by atoms with E-state index in [1.165, 1.54) is 23.0 Å². The van der Waals surface area contributed by atoms with Gasteiger partial charge < -0.3 is 14.9 Å². The van der Waals surface area contributed by atoms with Gasteiger partial charge in [-0.05, 0) is 35.6 Å². The van der Waals surface area contributed by atoms with Crippen LogP contribution >= 0.6 is 0 Å². The molecule has 0 amide bonds. The molecule has 2 heterocycles. The van der Waals surface area contributed by atoms with E-state index in [0.29, 0.717) is 24.4 Å². The normalized spacial score (nSPS) is 11.1. The molecule has 144 valence electrons. The minimum Gasteiger partial charge on any atom is -0.496 e. The Kier molecular flexibility index (Phi) is 5.64. The highest BCUT2D eigenvalue weighted by atomic mass is 16.6. The Hall–Kier alpha value is -3.75. The third kappa shape index (κ3) is 4.32. The second-order valence-corrected chi connectivity index (χ2v) is 5.98. The maximum atomic E-state index is 12.3. The molecule has 0 saturated heterocycles. The maximum Gasteiger partial charge on any atom is 0.389 e. The Balaban J connectivity index is 1.79. The van der Waals surface area contributed by atoms with Crippen molar-refractivity contribution in [2.24, 2.45) is 0 Å². The fourth-order valence-corrected chi connectivity index (χ4v) is 2.67. The first-order valence-corrected chi connectivity index (χ1v) is 8.59. The number of rotatable bonds is 8. The summed E-state index contributed by atoms with van der Waals surface area (Å²) >= 11 is 0. The molecule has 3 rings (SSSR count). The van der Waals surface area contributed by atoms with Crippen molar-refractivity contribution in [2.45, 2.75) is 20.0 Å². The molecule has 0 unspecified atom stereocenters. The van der Waals surface area contributed by atoms with Crippen LogP contribution in [0.4, 0.5) is 5.82 Å². The first kappa shape index (κ1) is 19.0. The Bertz CT molecular complexity index is 1030. The molecule has 9 nitrogen and oxygen atoms in total. The number of benzene rings is 1. The number of ketones is 1. The minimum absolute atomic E-state index is 0.139. The SMILES string of the molecule is CCn1cc(C(=O)/C=C/c2ccc(OC)c(Cn3ccc([N+](=O)[O-])n3)c2)cn1. The van der Waals surface area contributed by atoms with Crippen molar-refractivity contribution in [2.75, 3.05) is 7.11 Å². The number of carbonyl (C=O) groups excluding carboxylic acids is 1. The Morgan fingerprint density at radius 1 is 1.32 bits per heavy atom. The monoisotopic (exact) mass is 381 g/mol. The number of nitrogens with zero attached hydrogens (tertiary/aromatic N) is 5. The van der Waals surface area contributed by atoms with E-state index in [1.54, 1.807) is 36.3 Å². The topological polar surface area (TPSA) is 105 Å². The van der Waals surface area contributed by atoms with Gasteiger partial charge in [0.1, 0.15) is 5.75 Å². The standard InChI is InChI=1S/C19H19N5O4/c1-3-22-13-16(11-20-22)17(25)6-4-14-5-7-18(28-2)15(10-14)12-23-9-8-19(21-23)24(26)27/h4-11,13H,3,12H2,1-2H3/b6-4+. The molecule has 0 aliphatic carbocycles. The summed E-state index contributed by atoms with van der Waals surface area (Å²) in [6, 6.07) is 6.80. The highest BCUT2D eigenvalue weighted by Crippen LogP contribution is 2.22. The summed E-state index contributed by atoms with van der Waals surface area (Å²) < 4.78 is 8.52. The minimum atomic E-state index is -0.542. The first-order valence-electron chi connectivity index (χ1n) is 8.59. The molecule has 0 radical (unpaired) electrons. The Morgan fingerprint density at radius 3 is 2.79 bits per heavy atom. The maximum absolute atomic E-state index is 12.3. The summed E-state index contributed by atoms with van der Waals surface area (Å²) in [7, 11) is 1.55. The largest absolute Gasteiger partial charge is 0.496 e. The van der Waals surface area contributed by atoms with Crippen LogP contribution in [-0.4, -0.2) is 37.4 Å². The van der Waals surface area contributed by atoms with Gasteiger partial charge in [0.25, 0.3) is 0 Å². The summed E-state index contributed by atoms with van der Waals surface area (Å²) in [6.45, 7) is 2.95. The molecule has 0 saturated carbocycles. The van der Waals surface area contributed by atoms with E-state index in [1.807, 2.05) is 19.1 Å². The van der Waals surface area contributed by atoms with Crippen LogP contribution in [0.2, 0.25) is 0 Å². The zero-order valence-corrected chi connectivity index (χ0v) is 15.5. The predicted molar refractivity (Wildman–Crippen MR) is 102 cm³/mol. The number of allylic oxidation sites excluding steroid dienone is 1. The van der Waals surface area contributed by atoms with Crippen molar-refractivity contribution >= 4 is 17.7 Å². The lowest BCUT2D eigenvalue weighted by atomic mass is 10.1. The highest BCUT2D eigenvalue weighted by Gasteiger charge is 2.13. The van der Waals surface area contributed by atoms with Crippen LogP contribution < -0.4 is 4.74 Å². The van der Waals surface area contributed by atoms with Crippen molar-refractivity contribution in [1.29, 1.82) is 0 Å². The average molecular weight is 381 g/mol. The molecule has 28 heavy (non-hydrogen) atoms. The van der Waals surface area contributed by atoms with E-state index < -0.39 is 4.92 Å². The fraction of sp³-hybridized carbons (Fsp3) is 0.211. The molecule has 0 fully saturated rings. The van der Waals surface area contributed by atoms with E-state index in [2.05, 4.69) is 10.2 Å². The van der Waals surface area contributed by atoms with E-state index in [-0.39, 0.29) is 11.6 Å². The summed E-state index contributed by atoms with van der Waals surface area (Å²) in [5.74, 6) is 0.277. The number of carbonyl (C=O) groups is 1. The number of hydrogen-bond donors (Lipinski definition) is 0. The van der Waals surface area contributed by atoms with Gasteiger partial charge in [-0.1, -0.05) is 12.1 Å². The average Bonchev–Trinajstić information content (AvgIpc) is 3.36. The lowest BCUT2D eigenvalue weighted by Gasteiger charge is -2.08. The zero-order valence-electron chi connectivity index (χ0n) is 15.5. The van der Waals surface area contributed by atoms with Crippen LogP contribution in [0.3, 0.4) is 0 Å². The van der Waals surface area contributed by atoms with Gasteiger partial charge in [0, 0.05) is 18.3 Å². The van der Waals surface area contributed by atoms with Crippen LogP contribution in [0.25, 0.3) is 6.08 Å². The Labute approximate surface area is 161 Å². The fourth-order valence-electron chi connectivity index (χ4n) is 2.67. The molecule has 0 bridgehead atoms. The quantitative estimate of drug-likeness (QED) is 0.257. The third-order valence-electron chi connectivity index (χ3n) is 4.12. The molecule has 2 aromatic heterocycles. The van der Waals surface area contributed by atoms with Crippen LogP contribution in [0.1, 0.15) is 28.4 Å². The van der Waals surface area contributed by atoms with Crippen LogP contribution in [0.15, 0.2) is 48.9 Å². The lowest BCUT2D eigenvalue weighted by molar-refractivity contribution is -0.389. The van der Waals surface area contributed by atoms with Gasteiger partial charge in [0.15, 0.2) is 5.78 Å². The lowest BCUT2D eigenvalue weighted by Crippen LogP contribution is -2.03. The second-order valence-electron chi connectivity index (χ2n) is 5.98. The first-order chi connectivity index (χ1) is 13.5. The summed E-state index contributed by atoms with van der Waals surface area (Å²) in [4.78, 5) is 22.5. The van der Waals surface area contributed by atoms with Gasteiger partial charge in [0.05, 0.1) is 42.8 Å². The summed E-state index contributed by atoms with van der Waals surface area (Å²) in [6.07, 6.45) is 7.98.